The highest BCUT2D eigenvalue weighted by Gasteiger charge is 2.40. The van der Waals surface area contributed by atoms with Gasteiger partial charge in [-0.3, -0.25) is 0 Å². The molecule has 0 aliphatic rings. The van der Waals surface area contributed by atoms with E-state index in [2.05, 4.69) is 6.92 Å². The van der Waals surface area contributed by atoms with E-state index < -0.39 is 11.2 Å². The number of aliphatic hydroxyl groups is 2. The molecule has 2 N–H and O–H groups in total. The lowest BCUT2D eigenvalue weighted by molar-refractivity contribution is -0.233. The van der Waals surface area contributed by atoms with Gasteiger partial charge < -0.3 is 10.2 Å². The first kappa shape index (κ1) is 10.9. The Labute approximate surface area is 69.2 Å². The topological polar surface area (TPSA) is 40.5 Å². The summed E-state index contributed by atoms with van der Waals surface area (Å²) in [6.07, 6.45) is 0.962. The van der Waals surface area contributed by atoms with E-state index in [1.165, 1.54) is 6.92 Å². The molecule has 2 nitrogen and oxygen atoms in total. The van der Waals surface area contributed by atoms with E-state index in [-0.39, 0.29) is 0 Å². The summed E-state index contributed by atoms with van der Waals surface area (Å²) in [5.41, 5.74) is -0.443. The predicted octanol–water partition coefficient (Wildman–Crippen LogP) is 1.76. The summed E-state index contributed by atoms with van der Waals surface area (Å²) in [4.78, 5) is 0. The maximum Gasteiger partial charge on any atom is 0.165 e. The highest BCUT2D eigenvalue weighted by atomic mass is 16.5. The Balaban J connectivity index is 4.45. The Bertz CT molecular complexity index is 122. The molecule has 1 atom stereocenters. The summed E-state index contributed by atoms with van der Waals surface area (Å²) >= 11 is 0. The molecule has 0 aromatic rings. The van der Waals surface area contributed by atoms with Gasteiger partial charge in [0.15, 0.2) is 5.79 Å². The second-order valence-corrected chi connectivity index (χ2v) is 4.05. The molecule has 0 aromatic carbocycles. The van der Waals surface area contributed by atoms with E-state index in [0.29, 0.717) is 5.92 Å². The lowest BCUT2D eigenvalue weighted by Gasteiger charge is -2.40. The molecule has 0 aromatic heterocycles. The molecule has 11 heavy (non-hydrogen) atoms. The van der Waals surface area contributed by atoms with Crippen LogP contribution in [0, 0.1) is 11.3 Å². The summed E-state index contributed by atoms with van der Waals surface area (Å²) in [5, 5.41) is 18.8. The zero-order valence-corrected chi connectivity index (χ0v) is 8.18. The number of rotatable bonds is 3. The van der Waals surface area contributed by atoms with E-state index >= 15 is 0 Å². The molecule has 2 heteroatoms. The standard InChI is InChI=1S/C9H20O2/c1-6-7(2)8(3,4)9(5,10)11/h7,10-11H,6H2,1-5H3. The van der Waals surface area contributed by atoms with Crippen LogP contribution in [-0.4, -0.2) is 16.0 Å². The Morgan fingerprint density at radius 3 is 1.64 bits per heavy atom. The summed E-state index contributed by atoms with van der Waals surface area (Å²) in [5.74, 6) is -1.27. The molecule has 0 aliphatic carbocycles. The zero-order chi connectivity index (χ0) is 9.28. The third kappa shape index (κ3) is 2.17. The van der Waals surface area contributed by atoms with Crippen LogP contribution in [-0.2, 0) is 0 Å². The van der Waals surface area contributed by atoms with Gasteiger partial charge in [0, 0.05) is 5.41 Å². The second kappa shape index (κ2) is 3.11. The first-order valence-electron chi connectivity index (χ1n) is 4.18. The smallest absolute Gasteiger partial charge is 0.165 e. The Kier molecular flexibility index (Phi) is 3.09. The zero-order valence-electron chi connectivity index (χ0n) is 8.18. The molecule has 1 unspecified atom stereocenters. The molecule has 0 amide bonds. The van der Waals surface area contributed by atoms with Crippen LogP contribution < -0.4 is 0 Å². The molecule has 0 bridgehead atoms. The van der Waals surface area contributed by atoms with Crippen molar-refractivity contribution in [3.05, 3.63) is 0 Å². The Morgan fingerprint density at radius 2 is 1.55 bits per heavy atom. The van der Waals surface area contributed by atoms with Gasteiger partial charge in [-0.05, 0) is 12.8 Å². The highest BCUT2D eigenvalue weighted by molar-refractivity contribution is 4.84. The molecule has 0 saturated carbocycles. The van der Waals surface area contributed by atoms with Crippen molar-refractivity contribution >= 4 is 0 Å². The minimum Gasteiger partial charge on any atom is -0.365 e. The van der Waals surface area contributed by atoms with Gasteiger partial charge in [0.25, 0.3) is 0 Å². The monoisotopic (exact) mass is 160 g/mol. The largest absolute Gasteiger partial charge is 0.365 e. The average Bonchev–Trinajstić information content (AvgIpc) is 1.83. The number of hydrogen-bond donors (Lipinski definition) is 2. The molecule has 0 rings (SSSR count). The molecule has 68 valence electrons. The van der Waals surface area contributed by atoms with Gasteiger partial charge >= 0.3 is 0 Å². The molecule has 0 spiro atoms. The van der Waals surface area contributed by atoms with Gasteiger partial charge in [0.05, 0.1) is 0 Å². The number of hydrogen-bond acceptors (Lipinski definition) is 2. The predicted molar refractivity (Wildman–Crippen MR) is 46.1 cm³/mol. The lowest BCUT2D eigenvalue weighted by atomic mass is 9.72. The fourth-order valence-electron chi connectivity index (χ4n) is 0.977. The van der Waals surface area contributed by atoms with Crippen LogP contribution in [0.2, 0.25) is 0 Å². The first-order valence-corrected chi connectivity index (χ1v) is 4.18. The van der Waals surface area contributed by atoms with E-state index in [1.54, 1.807) is 0 Å². The lowest BCUT2D eigenvalue weighted by Crippen LogP contribution is -2.45. The summed E-state index contributed by atoms with van der Waals surface area (Å²) < 4.78 is 0. The molecule has 0 radical (unpaired) electrons. The minimum absolute atomic E-state index is 0.308. The normalized spacial score (nSPS) is 16.6. The van der Waals surface area contributed by atoms with E-state index in [9.17, 15) is 10.2 Å². The molecular formula is C9H20O2. The van der Waals surface area contributed by atoms with Crippen LogP contribution in [0.4, 0.5) is 0 Å². The summed E-state index contributed by atoms with van der Waals surface area (Å²) in [6, 6.07) is 0. The first-order chi connectivity index (χ1) is 4.73. The Morgan fingerprint density at radius 1 is 1.18 bits per heavy atom. The Hall–Kier alpha value is -0.0800. The average molecular weight is 160 g/mol. The summed E-state index contributed by atoms with van der Waals surface area (Å²) in [6.45, 7) is 9.28. The molecule has 0 aliphatic heterocycles. The van der Waals surface area contributed by atoms with Gasteiger partial charge in [-0.1, -0.05) is 34.1 Å². The fraction of sp³-hybridized carbons (Fsp3) is 1.00. The molecular weight excluding hydrogens is 140 g/mol. The van der Waals surface area contributed by atoms with Crippen LogP contribution in [0.5, 0.6) is 0 Å². The van der Waals surface area contributed by atoms with Gasteiger partial charge in [-0.25, -0.2) is 0 Å². The molecule has 0 saturated heterocycles. The van der Waals surface area contributed by atoms with Crippen molar-refractivity contribution in [2.24, 2.45) is 11.3 Å². The van der Waals surface area contributed by atoms with Gasteiger partial charge in [-0.15, -0.1) is 0 Å². The van der Waals surface area contributed by atoms with Crippen molar-refractivity contribution in [2.45, 2.75) is 46.8 Å². The van der Waals surface area contributed by atoms with E-state index in [4.69, 9.17) is 0 Å². The van der Waals surface area contributed by atoms with E-state index in [1.807, 2.05) is 20.8 Å². The molecule has 0 heterocycles. The van der Waals surface area contributed by atoms with Crippen molar-refractivity contribution in [2.75, 3.05) is 0 Å². The van der Waals surface area contributed by atoms with Crippen molar-refractivity contribution in [1.29, 1.82) is 0 Å². The van der Waals surface area contributed by atoms with Crippen molar-refractivity contribution in [3.63, 3.8) is 0 Å². The maximum atomic E-state index is 9.40. The second-order valence-electron chi connectivity index (χ2n) is 4.05. The van der Waals surface area contributed by atoms with Crippen LogP contribution in [0.15, 0.2) is 0 Å². The minimum atomic E-state index is -1.58. The van der Waals surface area contributed by atoms with Gasteiger partial charge in [0.2, 0.25) is 0 Å². The van der Waals surface area contributed by atoms with Gasteiger partial charge in [-0.2, -0.15) is 0 Å². The van der Waals surface area contributed by atoms with Crippen molar-refractivity contribution < 1.29 is 10.2 Å². The van der Waals surface area contributed by atoms with Crippen molar-refractivity contribution in [1.82, 2.24) is 0 Å². The quantitative estimate of drug-likeness (QED) is 0.618. The molecule has 0 fully saturated rings. The third-order valence-corrected chi connectivity index (χ3v) is 3.07. The maximum absolute atomic E-state index is 9.40. The van der Waals surface area contributed by atoms with E-state index in [0.717, 1.165) is 6.42 Å². The van der Waals surface area contributed by atoms with Crippen LogP contribution >= 0.6 is 0 Å². The highest BCUT2D eigenvalue weighted by Crippen LogP contribution is 2.37. The third-order valence-electron chi connectivity index (χ3n) is 3.07. The van der Waals surface area contributed by atoms with Crippen molar-refractivity contribution in [3.8, 4) is 0 Å². The SMILES string of the molecule is CCC(C)C(C)(C)C(C)(O)O. The van der Waals surface area contributed by atoms with Crippen LogP contribution in [0.1, 0.15) is 41.0 Å². The van der Waals surface area contributed by atoms with Gasteiger partial charge in [0.1, 0.15) is 0 Å². The summed E-state index contributed by atoms with van der Waals surface area (Å²) in [7, 11) is 0. The van der Waals surface area contributed by atoms with Crippen LogP contribution in [0.25, 0.3) is 0 Å². The fourth-order valence-corrected chi connectivity index (χ4v) is 0.977. The van der Waals surface area contributed by atoms with Crippen LogP contribution in [0.3, 0.4) is 0 Å².